The van der Waals surface area contributed by atoms with Crippen molar-refractivity contribution in [1.29, 1.82) is 0 Å². The van der Waals surface area contributed by atoms with Gasteiger partial charge in [0, 0.05) is 50.2 Å². The molecule has 0 saturated heterocycles. The highest BCUT2D eigenvalue weighted by Crippen LogP contribution is 2.37. The number of benzene rings is 1. The molecule has 3 aromatic heterocycles. The number of ether oxygens (including phenoxy) is 2. The molecule has 0 aliphatic heterocycles. The van der Waals surface area contributed by atoms with Crippen LogP contribution in [0.3, 0.4) is 0 Å². The molecule has 0 spiro atoms. The van der Waals surface area contributed by atoms with Crippen molar-refractivity contribution < 1.29 is 23.9 Å². The Bertz CT molecular complexity index is 1390. The van der Waals surface area contributed by atoms with E-state index in [0.717, 1.165) is 0 Å². The average molecular weight is 520 g/mol. The van der Waals surface area contributed by atoms with Gasteiger partial charge in [0.15, 0.2) is 0 Å². The molecule has 1 unspecified atom stereocenters. The number of aliphatic carboxylic acids is 1. The molecule has 0 aliphatic rings. The first-order valence-electron chi connectivity index (χ1n) is 11.7. The smallest absolute Gasteiger partial charge is 0.326 e. The van der Waals surface area contributed by atoms with E-state index in [1.807, 2.05) is 18.2 Å². The summed E-state index contributed by atoms with van der Waals surface area (Å²) in [7, 11) is 6.75. The van der Waals surface area contributed by atoms with Crippen molar-refractivity contribution in [3.63, 3.8) is 0 Å². The number of aryl methyl sites for hydroxylation is 2. The topological polar surface area (TPSA) is 149 Å². The van der Waals surface area contributed by atoms with Crippen molar-refractivity contribution >= 4 is 17.7 Å². The summed E-state index contributed by atoms with van der Waals surface area (Å²) in [5.41, 5.74) is 3.31. The average Bonchev–Trinajstić information content (AvgIpc) is 3.25. The maximum absolute atomic E-state index is 12.3. The van der Waals surface area contributed by atoms with Crippen molar-refractivity contribution in [3.8, 4) is 33.8 Å². The van der Waals surface area contributed by atoms with Crippen LogP contribution in [0.5, 0.6) is 11.5 Å². The molecule has 38 heavy (non-hydrogen) atoms. The molecule has 1 atom stereocenters. The van der Waals surface area contributed by atoms with Gasteiger partial charge in [0.25, 0.3) is 0 Å². The first kappa shape index (κ1) is 26.3. The minimum absolute atomic E-state index is 0.00101. The molecule has 0 bridgehead atoms. The molecule has 12 nitrogen and oxygen atoms in total. The van der Waals surface area contributed by atoms with Gasteiger partial charge in [-0.15, -0.1) is 0 Å². The monoisotopic (exact) mass is 519 g/mol. The molecule has 1 aromatic carbocycles. The second-order valence-electron chi connectivity index (χ2n) is 8.69. The van der Waals surface area contributed by atoms with E-state index in [-0.39, 0.29) is 6.42 Å². The lowest BCUT2D eigenvalue weighted by Gasteiger charge is -2.19. The SMILES string of the molecule is COc1cccc(OC)c1-c1cnc(CC(Nc2nc(N(C)C)ncc2-c2c(C)noc2C)C(=O)O)nc1. The molecule has 4 rings (SSSR count). The minimum Gasteiger partial charge on any atom is -0.496 e. The number of rotatable bonds is 10. The van der Waals surface area contributed by atoms with Crippen molar-refractivity contribution in [3.05, 3.63) is 54.1 Å². The van der Waals surface area contributed by atoms with E-state index in [1.165, 1.54) is 0 Å². The molecule has 0 saturated carbocycles. The summed E-state index contributed by atoms with van der Waals surface area (Å²) in [5.74, 6) is 1.79. The molecule has 3 heterocycles. The van der Waals surface area contributed by atoms with Gasteiger partial charge in [-0.3, -0.25) is 0 Å². The maximum Gasteiger partial charge on any atom is 0.326 e. The van der Waals surface area contributed by atoms with E-state index in [1.54, 1.807) is 65.7 Å². The van der Waals surface area contributed by atoms with E-state index in [4.69, 9.17) is 14.0 Å². The van der Waals surface area contributed by atoms with E-state index >= 15 is 0 Å². The van der Waals surface area contributed by atoms with Crippen LogP contribution < -0.4 is 19.7 Å². The summed E-state index contributed by atoms with van der Waals surface area (Å²) in [6.45, 7) is 3.58. The number of anilines is 2. The molecule has 0 amide bonds. The van der Waals surface area contributed by atoms with Crippen LogP contribution in [0.25, 0.3) is 22.3 Å². The Balaban J connectivity index is 1.65. The Morgan fingerprint density at radius 3 is 2.24 bits per heavy atom. The van der Waals surface area contributed by atoms with Crippen molar-refractivity contribution in [2.24, 2.45) is 0 Å². The Labute approximate surface area is 219 Å². The predicted molar refractivity (Wildman–Crippen MR) is 141 cm³/mol. The van der Waals surface area contributed by atoms with Gasteiger partial charge in [-0.05, 0) is 26.0 Å². The fourth-order valence-corrected chi connectivity index (χ4v) is 4.02. The van der Waals surface area contributed by atoms with Gasteiger partial charge >= 0.3 is 5.97 Å². The molecule has 0 radical (unpaired) electrons. The fraction of sp³-hybridized carbons (Fsp3) is 0.308. The number of nitrogens with zero attached hydrogens (tertiary/aromatic N) is 6. The quantitative estimate of drug-likeness (QED) is 0.316. The third-order valence-electron chi connectivity index (χ3n) is 5.90. The first-order valence-corrected chi connectivity index (χ1v) is 11.7. The van der Waals surface area contributed by atoms with Crippen LogP contribution in [0.2, 0.25) is 0 Å². The highest BCUT2D eigenvalue weighted by Gasteiger charge is 2.25. The lowest BCUT2D eigenvalue weighted by atomic mass is 10.1. The second kappa shape index (κ2) is 11.1. The van der Waals surface area contributed by atoms with Gasteiger partial charge in [0.1, 0.15) is 34.9 Å². The lowest BCUT2D eigenvalue weighted by molar-refractivity contribution is -0.137. The maximum atomic E-state index is 12.3. The van der Waals surface area contributed by atoms with Crippen molar-refractivity contribution in [2.45, 2.75) is 26.3 Å². The normalized spacial score (nSPS) is 11.6. The number of carboxylic acid groups (broad SMARTS) is 1. The number of aromatic nitrogens is 5. The van der Waals surface area contributed by atoms with Crippen LogP contribution in [0.1, 0.15) is 17.3 Å². The molecular weight excluding hydrogens is 490 g/mol. The van der Waals surface area contributed by atoms with Gasteiger partial charge in [0.05, 0.1) is 31.0 Å². The van der Waals surface area contributed by atoms with Gasteiger partial charge in [-0.25, -0.2) is 19.7 Å². The number of carbonyl (C=O) groups is 1. The van der Waals surface area contributed by atoms with Crippen molar-refractivity contribution in [2.75, 3.05) is 38.5 Å². The third kappa shape index (κ3) is 5.33. The number of methoxy groups -OCH3 is 2. The zero-order valence-corrected chi connectivity index (χ0v) is 22.0. The molecule has 0 fully saturated rings. The number of hydrogen-bond acceptors (Lipinski definition) is 11. The summed E-state index contributed by atoms with van der Waals surface area (Å²) in [6, 6.07) is 4.38. The molecule has 0 aliphatic carbocycles. The van der Waals surface area contributed by atoms with Crippen LogP contribution >= 0.6 is 0 Å². The Morgan fingerprint density at radius 2 is 1.71 bits per heavy atom. The molecule has 198 valence electrons. The minimum atomic E-state index is -1.08. The van der Waals surface area contributed by atoms with Crippen LogP contribution in [-0.2, 0) is 11.2 Å². The Morgan fingerprint density at radius 1 is 1.05 bits per heavy atom. The largest absolute Gasteiger partial charge is 0.496 e. The van der Waals surface area contributed by atoms with E-state index in [0.29, 0.717) is 62.8 Å². The predicted octanol–water partition coefficient (Wildman–Crippen LogP) is 3.40. The first-order chi connectivity index (χ1) is 18.2. The van der Waals surface area contributed by atoms with Crippen LogP contribution in [0.4, 0.5) is 11.8 Å². The summed E-state index contributed by atoms with van der Waals surface area (Å²) < 4.78 is 16.3. The summed E-state index contributed by atoms with van der Waals surface area (Å²) >= 11 is 0. The standard InChI is InChI=1S/C26H29N7O5/c1-14-22(15(2)38-32-14)17-13-29-26(33(3)4)31-24(17)30-18(25(34)35)10-21-27-11-16(12-28-21)23-19(36-5)8-7-9-20(23)37-6/h7-9,11-13,18H,10H2,1-6H3,(H,34,35)(H,29,30,31). The van der Waals surface area contributed by atoms with Crippen LogP contribution in [-0.4, -0.2) is 70.5 Å². The van der Waals surface area contributed by atoms with E-state index in [2.05, 4.69) is 30.4 Å². The number of carboxylic acids is 1. The lowest BCUT2D eigenvalue weighted by Crippen LogP contribution is -2.33. The Kier molecular flexibility index (Phi) is 7.70. The van der Waals surface area contributed by atoms with E-state index in [9.17, 15) is 9.90 Å². The number of hydrogen-bond donors (Lipinski definition) is 2. The van der Waals surface area contributed by atoms with Gasteiger partial charge in [-0.2, -0.15) is 4.98 Å². The molecule has 4 aromatic rings. The molecular formula is C26H29N7O5. The van der Waals surface area contributed by atoms with E-state index < -0.39 is 12.0 Å². The zero-order valence-electron chi connectivity index (χ0n) is 22.0. The second-order valence-corrected chi connectivity index (χ2v) is 8.69. The van der Waals surface area contributed by atoms with Crippen molar-refractivity contribution in [1.82, 2.24) is 25.1 Å². The highest BCUT2D eigenvalue weighted by atomic mass is 16.5. The summed E-state index contributed by atoms with van der Waals surface area (Å²) in [5, 5.41) is 17.1. The van der Waals surface area contributed by atoms with Gasteiger partial charge < -0.3 is 29.3 Å². The van der Waals surface area contributed by atoms with Gasteiger partial charge in [-0.1, -0.05) is 11.2 Å². The zero-order chi connectivity index (χ0) is 27.4. The van der Waals surface area contributed by atoms with Crippen LogP contribution in [0, 0.1) is 13.8 Å². The van der Waals surface area contributed by atoms with Gasteiger partial charge in [0.2, 0.25) is 5.95 Å². The fourth-order valence-electron chi connectivity index (χ4n) is 4.02. The molecule has 12 heteroatoms. The highest BCUT2D eigenvalue weighted by molar-refractivity contribution is 5.83. The third-order valence-corrected chi connectivity index (χ3v) is 5.90. The summed E-state index contributed by atoms with van der Waals surface area (Å²) in [6.07, 6.45) is 4.86. The number of nitrogens with one attached hydrogen (secondary N) is 1. The summed E-state index contributed by atoms with van der Waals surface area (Å²) in [4.78, 5) is 31.8. The molecule has 2 N–H and O–H groups in total. The Hall–Kier alpha value is -4.74. The van der Waals surface area contributed by atoms with Crippen LogP contribution in [0.15, 0.2) is 41.3 Å².